The first kappa shape index (κ1) is 26.1. The maximum absolute atomic E-state index is 5.33. The Hall–Kier alpha value is -3.13. The molecule has 0 aromatic rings. The van der Waals surface area contributed by atoms with Gasteiger partial charge < -0.3 is 4.90 Å². The topological polar surface area (TPSA) is 15.6 Å². The molecule has 1 heterocycles. The smallest absolute Gasteiger partial charge is 0.0624 e. The highest BCUT2D eigenvalue weighted by molar-refractivity contribution is 5.91. The monoisotopic (exact) mass is 516 g/mol. The molecule has 2 heteroatoms. The minimum absolute atomic E-state index is 0.439. The van der Waals surface area contributed by atoms with Crippen molar-refractivity contribution in [1.82, 2.24) is 4.90 Å². The second kappa shape index (κ2) is 11.9. The largest absolute Gasteiger partial charge is 0.362 e. The Bertz CT molecular complexity index is 1280. The van der Waals surface area contributed by atoms with E-state index in [1.54, 1.807) is 0 Å². The van der Waals surface area contributed by atoms with Crippen molar-refractivity contribution in [2.75, 3.05) is 0 Å². The van der Waals surface area contributed by atoms with Gasteiger partial charge in [0.1, 0.15) is 0 Å². The maximum atomic E-state index is 5.33. The van der Waals surface area contributed by atoms with Crippen molar-refractivity contribution < 1.29 is 0 Å². The lowest BCUT2D eigenvalue weighted by molar-refractivity contribution is 0.208. The molecule has 39 heavy (non-hydrogen) atoms. The van der Waals surface area contributed by atoms with E-state index in [0.29, 0.717) is 29.8 Å². The molecule has 0 aromatic heterocycles. The molecule has 0 spiro atoms. The van der Waals surface area contributed by atoms with E-state index >= 15 is 0 Å². The van der Waals surface area contributed by atoms with Crippen LogP contribution in [0.1, 0.15) is 71.6 Å². The minimum Gasteiger partial charge on any atom is -0.362 e. The maximum Gasteiger partial charge on any atom is 0.0624 e. The van der Waals surface area contributed by atoms with Crippen LogP contribution in [0.25, 0.3) is 0 Å². The van der Waals surface area contributed by atoms with Crippen LogP contribution in [0.3, 0.4) is 0 Å². The van der Waals surface area contributed by atoms with Gasteiger partial charge in [-0.1, -0.05) is 96.2 Å². The van der Waals surface area contributed by atoms with Crippen LogP contribution in [0.2, 0.25) is 0 Å². The van der Waals surface area contributed by atoms with Crippen LogP contribution in [0.4, 0.5) is 0 Å². The molecular weight excluding hydrogens is 472 g/mol. The molecule has 0 N–H and O–H groups in total. The van der Waals surface area contributed by atoms with E-state index in [9.17, 15) is 0 Å². The zero-order valence-electron chi connectivity index (χ0n) is 23.8. The van der Waals surface area contributed by atoms with Gasteiger partial charge in [-0.3, -0.25) is 4.99 Å². The van der Waals surface area contributed by atoms with Gasteiger partial charge in [-0.15, -0.1) is 0 Å². The van der Waals surface area contributed by atoms with Crippen molar-refractivity contribution >= 4 is 5.71 Å². The molecule has 0 aromatic carbocycles. The van der Waals surface area contributed by atoms with Crippen molar-refractivity contribution in [3.8, 4) is 0 Å². The number of hydrogen-bond acceptors (Lipinski definition) is 2. The number of nitrogens with zero attached hydrogens (tertiary/aromatic N) is 2. The second-order valence-electron chi connectivity index (χ2n) is 12.2. The number of hydrogen-bond donors (Lipinski definition) is 0. The summed E-state index contributed by atoms with van der Waals surface area (Å²) in [4.78, 5) is 8.06. The molecule has 0 unspecified atom stereocenters. The average Bonchev–Trinajstić information content (AvgIpc) is 2.99. The highest BCUT2D eigenvalue weighted by Crippen LogP contribution is 2.39. The summed E-state index contributed by atoms with van der Waals surface area (Å²) >= 11 is 0. The Labute approximate surface area is 236 Å². The summed E-state index contributed by atoms with van der Waals surface area (Å²) in [5.41, 5.74) is 8.42. The van der Waals surface area contributed by atoms with Crippen LogP contribution in [-0.2, 0) is 0 Å². The van der Waals surface area contributed by atoms with E-state index in [2.05, 4.69) is 110 Å². The van der Waals surface area contributed by atoms with E-state index in [1.807, 2.05) is 0 Å². The molecule has 202 valence electrons. The molecule has 6 aliphatic rings. The summed E-state index contributed by atoms with van der Waals surface area (Å²) in [5, 5.41) is 0. The Morgan fingerprint density at radius 3 is 2.44 bits per heavy atom. The van der Waals surface area contributed by atoms with Gasteiger partial charge in [-0.25, -0.2) is 0 Å². The lowest BCUT2D eigenvalue weighted by Crippen LogP contribution is -2.42. The van der Waals surface area contributed by atoms with Gasteiger partial charge in [0.25, 0.3) is 0 Å². The molecular formula is C37H44N2. The van der Waals surface area contributed by atoms with E-state index in [1.165, 1.54) is 46.7 Å². The minimum atomic E-state index is 0.439. The van der Waals surface area contributed by atoms with Crippen molar-refractivity contribution in [2.24, 2.45) is 22.7 Å². The molecule has 2 nitrogen and oxygen atoms in total. The zero-order chi connectivity index (χ0) is 26.6. The van der Waals surface area contributed by atoms with Gasteiger partial charge in [0.2, 0.25) is 0 Å². The zero-order valence-corrected chi connectivity index (χ0v) is 23.8. The lowest BCUT2D eigenvalue weighted by Gasteiger charge is -2.43. The van der Waals surface area contributed by atoms with E-state index in [-0.39, 0.29) is 0 Å². The first-order chi connectivity index (χ1) is 19.1. The molecule has 1 aliphatic heterocycles. The predicted molar refractivity (Wildman–Crippen MR) is 166 cm³/mol. The molecule has 5 aliphatic carbocycles. The SMILES string of the molecule is CC1=CC[C@@H](C2=NC(C3=CC=C(C)CC3)=C[C@H]([C@H]3C=C[C@@H](N(C4=CC=CCC4)[C@H]4C=CC=CC4)CC3)C2)C=C1. The molecule has 6 rings (SSSR count). The van der Waals surface area contributed by atoms with E-state index < -0.39 is 0 Å². The summed E-state index contributed by atoms with van der Waals surface area (Å²) in [6.07, 6.45) is 45.8. The Morgan fingerprint density at radius 2 is 1.74 bits per heavy atom. The third-order valence-corrected chi connectivity index (χ3v) is 9.40. The highest BCUT2D eigenvalue weighted by atomic mass is 15.2. The van der Waals surface area contributed by atoms with Crippen LogP contribution in [0, 0.1) is 17.8 Å². The Morgan fingerprint density at radius 1 is 0.795 bits per heavy atom. The van der Waals surface area contributed by atoms with Gasteiger partial charge in [-0.2, -0.15) is 0 Å². The van der Waals surface area contributed by atoms with Crippen LogP contribution < -0.4 is 0 Å². The van der Waals surface area contributed by atoms with Crippen LogP contribution >= 0.6 is 0 Å². The van der Waals surface area contributed by atoms with Gasteiger partial charge in [-0.05, 0) is 95.1 Å². The van der Waals surface area contributed by atoms with Gasteiger partial charge in [0, 0.05) is 23.4 Å². The average molecular weight is 517 g/mol. The van der Waals surface area contributed by atoms with Crippen LogP contribution in [0.15, 0.2) is 124 Å². The van der Waals surface area contributed by atoms with Crippen molar-refractivity contribution in [3.63, 3.8) is 0 Å². The molecule has 0 radical (unpaired) electrons. The fraction of sp³-hybridized carbons (Fsp3) is 0.432. The third-order valence-electron chi connectivity index (χ3n) is 9.40. The van der Waals surface area contributed by atoms with Gasteiger partial charge in [0.15, 0.2) is 0 Å². The van der Waals surface area contributed by atoms with Crippen LogP contribution in [0.5, 0.6) is 0 Å². The standard InChI is InChI=1S/C37H44N2/c1-27-13-17-30(18-14-27)36-25-32(26-37(38-36)31-19-15-28(2)16-20-31)29-21-23-35(24-22-29)39(33-9-5-3-6-10-33)34-11-7-4-8-12-34/h3-7,9,11,13-15,17,19,21,23,26,29-30,32-33,35H,8,10,12,16,18,20,22,24-25H2,1-2H3/t29-,30-,32+,33-,35+/m0/s1. The molecule has 0 fully saturated rings. The molecule has 0 bridgehead atoms. The predicted octanol–water partition coefficient (Wildman–Crippen LogP) is 9.28. The molecule has 5 atom stereocenters. The summed E-state index contributed by atoms with van der Waals surface area (Å²) < 4.78 is 0. The van der Waals surface area contributed by atoms with Gasteiger partial charge >= 0.3 is 0 Å². The first-order valence-corrected chi connectivity index (χ1v) is 15.3. The van der Waals surface area contributed by atoms with Crippen molar-refractivity contribution in [3.05, 3.63) is 119 Å². The van der Waals surface area contributed by atoms with Crippen molar-refractivity contribution in [1.29, 1.82) is 0 Å². The normalized spacial score (nSPS) is 32.1. The second-order valence-corrected chi connectivity index (χ2v) is 12.2. The summed E-state index contributed by atoms with van der Waals surface area (Å²) in [5.74, 6) is 1.55. The molecule has 0 saturated carbocycles. The van der Waals surface area contributed by atoms with Gasteiger partial charge in [0.05, 0.1) is 11.7 Å². The molecule has 0 amide bonds. The Balaban J connectivity index is 1.24. The number of rotatable bonds is 6. The summed E-state index contributed by atoms with van der Waals surface area (Å²) in [7, 11) is 0. The quantitative estimate of drug-likeness (QED) is 0.321. The van der Waals surface area contributed by atoms with E-state index in [4.69, 9.17) is 4.99 Å². The summed E-state index contributed by atoms with van der Waals surface area (Å²) in [6.45, 7) is 4.45. The number of aliphatic imine (C=N–C) groups is 1. The fourth-order valence-corrected chi connectivity index (χ4v) is 7.02. The Kier molecular flexibility index (Phi) is 8.00. The fourth-order valence-electron chi connectivity index (χ4n) is 7.02. The van der Waals surface area contributed by atoms with Crippen molar-refractivity contribution in [2.45, 2.75) is 83.7 Å². The highest BCUT2D eigenvalue weighted by Gasteiger charge is 2.33. The first-order valence-electron chi connectivity index (χ1n) is 15.3. The summed E-state index contributed by atoms with van der Waals surface area (Å²) in [6, 6.07) is 0.937. The van der Waals surface area contributed by atoms with E-state index in [0.717, 1.165) is 44.9 Å². The molecule has 0 saturated heterocycles. The third kappa shape index (κ3) is 6.06. The van der Waals surface area contributed by atoms with Crippen LogP contribution in [-0.4, -0.2) is 22.7 Å². The number of allylic oxidation sites excluding steroid dienone is 16. The lowest BCUT2D eigenvalue weighted by atomic mass is 9.75.